The van der Waals surface area contributed by atoms with E-state index >= 15 is 0 Å². The van der Waals surface area contributed by atoms with Gasteiger partial charge >= 0.3 is 12.1 Å². The van der Waals surface area contributed by atoms with Crippen LogP contribution in [-0.4, -0.2) is 89.0 Å². The number of halogens is 5. The molecule has 3 atom stereocenters. The van der Waals surface area contributed by atoms with Gasteiger partial charge in [0.1, 0.15) is 35.7 Å². The number of hydrogen-bond donors (Lipinski definition) is 1. The number of aliphatic hydroxyl groups is 1. The fourth-order valence-electron chi connectivity index (χ4n) is 5.58. The number of aliphatic hydroxyl groups excluding tert-OH is 1. The first kappa shape index (κ1) is 39.5. The molecule has 0 spiro atoms. The Morgan fingerprint density at radius 1 is 0.840 bits per heavy atom. The lowest BCUT2D eigenvalue weighted by Crippen LogP contribution is -2.41. The molecule has 3 aromatic rings. The predicted octanol–water partition coefficient (Wildman–Crippen LogP) is 7.60. The van der Waals surface area contributed by atoms with Crippen LogP contribution in [0.15, 0.2) is 66.7 Å². The van der Waals surface area contributed by atoms with E-state index in [1.54, 1.807) is 14.2 Å². The molecule has 0 saturated carbocycles. The third-order valence-electron chi connectivity index (χ3n) is 8.19. The molecule has 0 bridgehead atoms. The van der Waals surface area contributed by atoms with E-state index < -0.39 is 30.0 Å². The SMILES string of the molecule is COCOc1ccc(C2(C)COc3cc(OCOC)ccc3C2c2ccc(OC[C@@H](O)COCCSCCCC(F)(F)C(F)(F)F)cc2)cc1. The summed E-state index contributed by atoms with van der Waals surface area (Å²) in [5, 5.41) is 10.3. The summed E-state index contributed by atoms with van der Waals surface area (Å²) in [6, 6.07) is 21.3. The molecule has 3 aromatic carbocycles. The fourth-order valence-corrected chi connectivity index (χ4v) is 6.37. The molecule has 50 heavy (non-hydrogen) atoms. The van der Waals surface area contributed by atoms with E-state index in [9.17, 15) is 27.1 Å². The summed E-state index contributed by atoms with van der Waals surface area (Å²) in [5.74, 6) is -1.66. The molecule has 4 rings (SSSR count). The van der Waals surface area contributed by atoms with Gasteiger partial charge in [-0.15, -0.1) is 0 Å². The van der Waals surface area contributed by atoms with Gasteiger partial charge in [-0.2, -0.15) is 33.7 Å². The van der Waals surface area contributed by atoms with Gasteiger partial charge in [-0.3, -0.25) is 0 Å². The van der Waals surface area contributed by atoms with Crippen molar-refractivity contribution in [2.75, 3.05) is 65.7 Å². The van der Waals surface area contributed by atoms with Crippen molar-refractivity contribution in [1.29, 1.82) is 0 Å². The van der Waals surface area contributed by atoms with Crippen molar-refractivity contribution in [1.82, 2.24) is 0 Å². The smallest absolute Gasteiger partial charge is 0.453 e. The molecule has 276 valence electrons. The van der Waals surface area contributed by atoms with Crippen LogP contribution >= 0.6 is 11.8 Å². The highest BCUT2D eigenvalue weighted by atomic mass is 32.2. The van der Waals surface area contributed by atoms with Crippen molar-refractivity contribution in [2.45, 2.75) is 49.3 Å². The Morgan fingerprint density at radius 3 is 2.12 bits per heavy atom. The maximum Gasteiger partial charge on any atom is 0.453 e. The van der Waals surface area contributed by atoms with Crippen LogP contribution in [0.4, 0.5) is 22.0 Å². The molecule has 0 amide bonds. The summed E-state index contributed by atoms with van der Waals surface area (Å²) in [4.78, 5) is 0. The highest BCUT2D eigenvalue weighted by Gasteiger charge is 2.56. The fraction of sp³-hybridized carbons (Fsp3) is 0.500. The van der Waals surface area contributed by atoms with Gasteiger partial charge in [0.05, 0.1) is 19.8 Å². The Balaban J connectivity index is 1.34. The number of hydrogen-bond acceptors (Lipinski definition) is 9. The number of alkyl halides is 5. The van der Waals surface area contributed by atoms with E-state index in [1.807, 2.05) is 66.7 Å². The van der Waals surface area contributed by atoms with Gasteiger partial charge in [0.25, 0.3) is 0 Å². The van der Waals surface area contributed by atoms with Crippen LogP contribution in [0.25, 0.3) is 0 Å². The number of rotatable bonds is 20. The highest BCUT2D eigenvalue weighted by Crippen LogP contribution is 2.51. The van der Waals surface area contributed by atoms with Gasteiger partial charge in [-0.25, -0.2) is 0 Å². The average Bonchev–Trinajstić information content (AvgIpc) is 3.10. The van der Waals surface area contributed by atoms with Crippen LogP contribution in [0.1, 0.15) is 42.4 Å². The lowest BCUT2D eigenvalue weighted by Gasteiger charge is -2.43. The van der Waals surface area contributed by atoms with Gasteiger partial charge in [0.15, 0.2) is 13.6 Å². The maximum atomic E-state index is 13.0. The van der Waals surface area contributed by atoms with Crippen molar-refractivity contribution in [2.24, 2.45) is 0 Å². The summed E-state index contributed by atoms with van der Waals surface area (Å²) >= 11 is 1.21. The second-order valence-corrected chi connectivity index (χ2v) is 13.2. The number of benzene rings is 3. The average molecular weight is 731 g/mol. The van der Waals surface area contributed by atoms with Crippen LogP contribution in [0.3, 0.4) is 0 Å². The van der Waals surface area contributed by atoms with E-state index in [0.29, 0.717) is 35.4 Å². The van der Waals surface area contributed by atoms with E-state index in [2.05, 4.69) is 6.92 Å². The lowest BCUT2D eigenvalue weighted by atomic mass is 9.65. The Morgan fingerprint density at radius 2 is 1.46 bits per heavy atom. The van der Waals surface area contributed by atoms with Gasteiger partial charge in [-0.1, -0.05) is 37.3 Å². The Kier molecular flexibility index (Phi) is 14.4. The number of methoxy groups -OCH3 is 2. The zero-order valence-electron chi connectivity index (χ0n) is 28.2. The van der Waals surface area contributed by atoms with E-state index in [1.165, 1.54) is 11.8 Å². The summed E-state index contributed by atoms with van der Waals surface area (Å²) in [6.07, 6.45) is -7.97. The standard InChI is InChI=1S/C36H43F5O8S/c1-34(26-7-11-29(12-8-26)48-23-43-2)22-47-32-19-30(49-24-44-3)13-14-31(32)33(34)25-5-9-28(10-6-25)46-21-27(42)20-45-16-18-50-17-4-15-35(37,38)36(39,40)41/h5-14,19,27,33,42H,4,15-18,20-24H2,1-3H3/t27-,33?,34?/m0/s1. The summed E-state index contributed by atoms with van der Waals surface area (Å²) in [7, 11) is 3.12. The molecule has 1 N–H and O–H groups in total. The predicted molar refractivity (Wildman–Crippen MR) is 179 cm³/mol. The van der Waals surface area contributed by atoms with Crippen LogP contribution < -0.4 is 18.9 Å². The molecular formula is C36H43F5O8S. The van der Waals surface area contributed by atoms with E-state index in [0.717, 1.165) is 16.7 Å². The third kappa shape index (κ3) is 10.6. The Bertz CT molecular complexity index is 1460. The van der Waals surface area contributed by atoms with Crippen molar-refractivity contribution in [3.63, 3.8) is 0 Å². The second-order valence-electron chi connectivity index (χ2n) is 12.0. The molecule has 1 aliphatic rings. The molecule has 0 aromatic heterocycles. The van der Waals surface area contributed by atoms with Crippen LogP contribution in [0.2, 0.25) is 0 Å². The van der Waals surface area contributed by atoms with Crippen LogP contribution in [0, 0.1) is 0 Å². The monoisotopic (exact) mass is 730 g/mol. The Labute approximate surface area is 293 Å². The van der Waals surface area contributed by atoms with Crippen molar-refractivity contribution in [3.05, 3.63) is 83.4 Å². The topological polar surface area (TPSA) is 84.8 Å². The second kappa shape index (κ2) is 18.3. The summed E-state index contributed by atoms with van der Waals surface area (Å²) in [6.45, 7) is 2.97. The minimum atomic E-state index is -5.53. The quantitative estimate of drug-likeness (QED) is 0.0718. The molecule has 2 unspecified atom stereocenters. The summed E-state index contributed by atoms with van der Waals surface area (Å²) < 4.78 is 102. The molecule has 0 aliphatic carbocycles. The summed E-state index contributed by atoms with van der Waals surface area (Å²) in [5.41, 5.74) is 2.60. The van der Waals surface area contributed by atoms with Gasteiger partial charge in [-0.05, 0) is 53.6 Å². The van der Waals surface area contributed by atoms with Crippen molar-refractivity contribution >= 4 is 11.8 Å². The normalized spacial score (nSPS) is 18.2. The van der Waals surface area contributed by atoms with Crippen LogP contribution in [0.5, 0.6) is 23.0 Å². The largest absolute Gasteiger partial charge is 0.492 e. The van der Waals surface area contributed by atoms with E-state index in [4.69, 9.17) is 33.2 Å². The van der Waals surface area contributed by atoms with Gasteiger partial charge in [0, 0.05) is 49.4 Å². The molecule has 1 heterocycles. The molecule has 14 heteroatoms. The minimum absolute atomic E-state index is 0.0205. The molecule has 0 fully saturated rings. The molecule has 0 saturated heterocycles. The zero-order chi connectivity index (χ0) is 36.2. The molecule has 1 aliphatic heterocycles. The molecule has 8 nitrogen and oxygen atoms in total. The lowest BCUT2D eigenvalue weighted by molar-refractivity contribution is -0.284. The zero-order valence-corrected chi connectivity index (χ0v) is 29.0. The van der Waals surface area contributed by atoms with Crippen molar-refractivity contribution < 1.29 is 60.2 Å². The Hall–Kier alpha value is -3.30. The van der Waals surface area contributed by atoms with Gasteiger partial charge < -0.3 is 38.3 Å². The third-order valence-corrected chi connectivity index (χ3v) is 9.23. The van der Waals surface area contributed by atoms with Gasteiger partial charge in [0.2, 0.25) is 0 Å². The molecule has 0 radical (unpaired) electrons. The number of ether oxygens (including phenoxy) is 7. The first-order chi connectivity index (χ1) is 23.9. The first-order valence-electron chi connectivity index (χ1n) is 16.0. The van der Waals surface area contributed by atoms with Crippen molar-refractivity contribution in [3.8, 4) is 23.0 Å². The maximum absolute atomic E-state index is 13.0. The molecular weight excluding hydrogens is 687 g/mol. The minimum Gasteiger partial charge on any atom is -0.492 e. The number of thioether (sulfide) groups is 1. The number of fused-ring (bicyclic) bond motifs is 1. The first-order valence-corrected chi connectivity index (χ1v) is 17.1. The van der Waals surface area contributed by atoms with E-state index in [-0.39, 0.29) is 51.5 Å². The highest BCUT2D eigenvalue weighted by molar-refractivity contribution is 7.99. The van der Waals surface area contributed by atoms with Crippen LogP contribution in [-0.2, 0) is 19.6 Å².